The van der Waals surface area contributed by atoms with Gasteiger partial charge in [-0.2, -0.15) is 9.94 Å². The van der Waals surface area contributed by atoms with Crippen LogP contribution in [0.25, 0.3) is 28.1 Å². The van der Waals surface area contributed by atoms with Gasteiger partial charge in [-0.3, -0.25) is 4.79 Å². The Balaban J connectivity index is 1.37. The van der Waals surface area contributed by atoms with Gasteiger partial charge in [0, 0.05) is 22.3 Å². The Labute approximate surface area is 204 Å². The van der Waals surface area contributed by atoms with E-state index >= 15 is 0 Å². The molecule has 35 heavy (non-hydrogen) atoms. The van der Waals surface area contributed by atoms with Gasteiger partial charge < -0.3 is 9.55 Å². The zero-order valence-electron chi connectivity index (χ0n) is 18.3. The number of rotatable bonds is 4. The topological polar surface area (TPSA) is 118 Å². The molecule has 1 aliphatic rings. The second-order valence-corrected chi connectivity index (χ2v) is 8.72. The number of nitriles is 1. The molecule has 0 spiro atoms. The van der Waals surface area contributed by atoms with Crippen LogP contribution in [0.15, 0.2) is 71.9 Å². The van der Waals surface area contributed by atoms with E-state index in [2.05, 4.69) is 31.6 Å². The molecule has 10 heteroatoms. The molecule has 5 aromatic rings. The number of pyridine rings is 1. The number of imidazole rings is 1. The van der Waals surface area contributed by atoms with Crippen molar-refractivity contribution in [3.05, 3.63) is 99.6 Å². The van der Waals surface area contributed by atoms with Crippen LogP contribution < -0.4 is 5.56 Å². The molecule has 2 aromatic carbocycles. The standard InChI is InChI=1S/C25H17ClN8O/c26-18-5-7-22(33-14-29-31-32-33)20(11-18)17-9-19-6-8-23(34(19)24(35)10-17)25-28-13-21(30-25)16-3-1-15(12-27)2-4-16/h1-5,7,9-11,13-14,23H,6,8H2,(H,28,30)/t23-/m0/s1. The van der Waals surface area contributed by atoms with Gasteiger partial charge in [0.15, 0.2) is 0 Å². The molecule has 0 fully saturated rings. The van der Waals surface area contributed by atoms with Crippen molar-refractivity contribution in [3.63, 3.8) is 0 Å². The maximum Gasteiger partial charge on any atom is 0.252 e. The number of tetrazole rings is 1. The van der Waals surface area contributed by atoms with Gasteiger partial charge >= 0.3 is 0 Å². The van der Waals surface area contributed by atoms with Gasteiger partial charge in [-0.15, -0.1) is 5.10 Å². The third kappa shape index (κ3) is 3.70. The third-order valence-corrected chi connectivity index (χ3v) is 6.47. The monoisotopic (exact) mass is 480 g/mol. The van der Waals surface area contributed by atoms with E-state index in [4.69, 9.17) is 16.9 Å². The molecule has 0 saturated carbocycles. The van der Waals surface area contributed by atoms with Gasteiger partial charge in [0.2, 0.25) is 0 Å². The van der Waals surface area contributed by atoms with Crippen molar-refractivity contribution in [1.82, 2.24) is 34.7 Å². The number of hydrogen-bond acceptors (Lipinski definition) is 6. The first-order valence-electron chi connectivity index (χ1n) is 10.9. The molecule has 4 heterocycles. The summed E-state index contributed by atoms with van der Waals surface area (Å²) in [4.78, 5) is 21.3. The number of hydrogen-bond donors (Lipinski definition) is 1. The number of aryl methyl sites for hydroxylation is 1. The normalized spacial score (nSPS) is 14.6. The van der Waals surface area contributed by atoms with Crippen LogP contribution in [-0.4, -0.2) is 34.7 Å². The highest BCUT2D eigenvalue weighted by atomic mass is 35.5. The lowest BCUT2D eigenvalue weighted by atomic mass is 10.0. The van der Waals surface area contributed by atoms with E-state index in [9.17, 15) is 4.79 Å². The van der Waals surface area contributed by atoms with Gasteiger partial charge in [0.25, 0.3) is 5.56 Å². The Hall–Kier alpha value is -4.55. The average molecular weight is 481 g/mol. The molecule has 0 amide bonds. The highest BCUT2D eigenvalue weighted by Gasteiger charge is 2.28. The van der Waals surface area contributed by atoms with Crippen molar-refractivity contribution in [2.75, 3.05) is 0 Å². The molecule has 0 radical (unpaired) electrons. The van der Waals surface area contributed by atoms with Crippen molar-refractivity contribution in [2.45, 2.75) is 18.9 Å². The number of aromatic nitrogens is 7. The lowest BCUT2D eigenvalue weighted by Gasteiger charge is -2.15. The molecule has 0 saturated heterocycles. The zero-order valence-corrected chi connectivity index (χ0v) is 19.0. The molecule has 1 aliphatic heterocycles. The Kier molecular flexibility index (Phi) is 5.01. The minimum Gasteiger partial charge on any atom is -0.340 e. The Morgan fingerprint density at radius 2 is 1.94 bits per heavy atom. The Bertz CT molecular complexity index is 1640. The van der Waals surface area contributed by atoms with Gasteiger partial charge in [-0.1, -0.05) is 23.7 Å². The van der Waals surface area contributed by atoms with E-state index in [1.165, 1.54) is 6.33 Å². The summed E-state index contributed by atoms with van der Waals surface area (Å²) in [7, 11) is 0. The minimum atomic E-state index is -0.183. The van der Waals surface area contributed by atoms with Crippen LogP contribution in [0.2, 0.25) is 5.02 Å². The van der Waals surface area contributed by atoms with E-state index < -0.39 is 0 Å². The van der Waals surface area contributed by atoms with E-state index in [-0.39, 0.29) is 11.6 Å². The first-order chi connectivity index (χ1) is 17.1. The third-order valence-electron chi connectivity index (χ3n) is 6.24. The smallest absolute Gasteiger partial charge is 0.252 e. The fourth-order valence-corrected chi connectivity index (χ4v) is 4.77. The molecular formula is C25H17ClN8O. The SMILES string of the molecule is N#Cc1ccc(-c2cnc([C@@H]3CCc4cc(-c5cc(Cl)ccc5-n5cnnn5)cc(=O)n43)[nH]2)cc1. The molecule has 0 unspecified atom stereocenters. The molecule has 6 rings (SSSR count). The Morgan fingerprint density at radius 1 is 1.09 bits per heavy atom. The summed E-state index contributed by atoms with van der Waals surface area (Å²) < 4.78 is 3.35. The number of fused-ring (bicyclic) bond motifs is 1. The van der Waals surface area contributed by atoms with Crippen molar-refractivity contribution in [1.29, 1.82) is 5.26 Å². The van der Waals surface area contributed by atoms with E-state index in [1.54, 1.807) is 39.7 Å². The largest absolute Gasteiger partial charge is 0.340 e. The number of halogens is 1. The maximum absolute atomic E-state index is 13.3. The van der Waals surface area contributed by atoms with Gasteiger partial charge in [-0.25, -0.2) is 4.98 Å². The van der Waals surface area contributed by atoms with Crippen LogP contribution in [0.3, 0.4) is 0 Å². The number of aromatic amines is 1. The van der Waals surface area contributed by atoms with Gasteiger partial charge in [0.05, 0.1) is 35.3 Å². The number of nitrogens with one attached hydrogen (secondary N) is 1. The van der Waals surface area contributed by atoms with E-state index in [1.807, 2.05) is 30.3 Å². The highest BCUT2D eigenvalue weighted by molar-refractivity contribution is 6.31. The lowest BCUT2D eigenvalue weighted by molar-refractivity contribution is 0.572. The molecule has 9 nitrogen and oxygen atoms in total. The minimum absolute atomic E-state index is 0.112. The summed E-state index contributed by atoms with van der Waals surface area (Å²) >= 11 is 6.29. The van der Waals surface area contributed by atoms with Crippen molar-refractivity contribution in [2.24, 2.45) is 0 Å². The summed E-state index contributed by atoms with van der Waals surface area (Å²) in [5.41, 5.74) is 5.45. The first kappa shape index (κ1) is 21.0. The van der Waals surface area contributed by atoms with Crippen molar-refractivity contribution in [3.8, 4) is 34.1 Å². The predicted octanol–water partition coefficient (Wildman–Crippen LogP) is 3.94. The van der Waals surface area contributed by atoms with Crippen molar-refractivity contribution >= 4 is 11.6 Å². The molecule has 1 atom stereocenters. The molecular weight excluding hydrogens is 464 g/mol. The summed E-state index contributed by atoms with van der Waals surface area (Å²) in [5, 5.41) is 21.0. The highest BCUT2D eigenvalue weighted by Crippen LogP contribution is 2.34. The number of H-pyrrole nitrogens is 1. The van der Waals surface area contributed by atoms with Gasteiger partial charge in [-0.05, 0) is 70.8 Å². The summed E-state index contributed by atoms with van der Waals surface area (Å²) in [6, 6.07) is 18.3. The average Bonchev–Trinajstić information content (AvgIpc) is 3.65. The van der Waals surface area contributed by atoms with Crippen LogP contribution in [0.1, 0.15) is 29.5 Å². The van der Waals surface area contributed by atoms with Gasteiger partial charge in [0.1, 0.15) is 12.2 Å². The quantitative estimate of drug-likeness (QED) is 0.416. The fourth-order valence-electron chi connectivity index (χ4n) is 4.60. The van der Waals surface area contributed by atoms with Crippen LogP contribution >= 0.6 is 11.6 Å². The molecule has 3 aromatic heterocycles. The summed E-state index contributed by atoms with van der Waals surface area (Å²) in [5.74, 6) is 0.732. The second kappa shape index (κ2) is 8.34. The summed E-state index contributed by atoms with van der Waals surface area (Å²) in [6.45, 7) is 0. The molecule has 0 aliphatic carbocycles. The zero-order chi connectivity index (χ0) is 23.9. The van der Waals surface area contributed by atoms with Crippen LogP contribution in [0.4, 0.5) is 0 Å². The van der Waals surface area contributed by atoms with Crippen LogP contribution in [-0.2, 0) is 6.42 Å². The predicted molar refractivity (Wildman–Crippen MR) is 129 cm³/mol. The summed E-state index contributed by atoms with van der Waals surface area (Å²) in [6.07, 6.45) is 4.76. The van der Waals surface area contributed by atoms with Crippen molar-refractivity contribution < 1.29 is 0 Å². The molecule has 170 valence electrons. The number of benzene rings is 2. The Morgan fingerprint density at radius 3 is 2.71 bits per heavy atom. The van der Waals surface area contributed by atoms with E-state index in [0.29, 0.717) is 10.6 Å². The first-order valence-corrected chi connectivity index (χ1v) is 11.3. The maximum atomic E-state index is 13.3. The second-order valence-electron chi connectivity index (χ2n) is 8.29. The van der Waals surface area contributed by atoms with Crippen LogP contribution in [0, 0.1) is 11.3 Å². The van der Waals surface area contributed by atoms with Crippen LogP contribution in [0.5, 0.6) is 0 Å². The fraction of sp³-hybridized carbons (Fsp3) is 0.120. The number of nitrogens with zero attached hydrogens (tertiary/aromatic N) is 7. The molecule has 0 bridgehead atoms. The molecule has 1 N–H and O–H groups in total. The lowest BCUT2D eigenvalue weighted by Crippen LogP contribution is -2.23. The van der Waals surface area contributed by atoms with E-state index in [0.717, 1.165) is 52.4 Å².